The van der Waals surface area contributed by atoms with Crippen LogP contribution in [0.2, 0.25) is 0 Å². The van der Waals surface area contributed by atoms with E-state index in [-0.39, 0.29) is 11.5 Å². The molecular formula is C13H15F3O3S. The van der Waals surface area contributed by atoms with Gasteiger partial charge in [-0.15, -0.1) is 0 Å². The summed E-state index contributed by atoms with van der Waals surface area (Å²) in [6, 6.07) is 4.14. The molecule has 0 N–H and O–H groups in total. The number of rotatable bonds is 6. The number of alkyl halides is 3. The van der Waals surface area contributed by atoms with E-state index < -0.39 is 34.3 Å². The number of hydrogen-bond donors (Lipinski definition) is 0. The lowest BCUT2D eigenvalue weighted by Gasteiger charge is -2.08. The van der Waals surface area contributed by atoms with Crippen molar-refractivity contribution >= 4 is 16.8 Å². The Bertz CT molecular complexity index is 486. The highest BCUT2D eigenvalue weighted by atomic mass is 32.2. The van der Waals surface area contributed by atoms with E-state index in [1.807, 2.05) is 6.92 Å². The van der Waals surface area contributed by atoms with E-state index in [0.29, 0.717) is 6.42 Å². The summed E-state index contributed by atoms with van der Waals surface area (Å²) in [5.41, 5.74) is -0.886. The molecular weight excluding hydrogens is 293 g/mol. The highest BCUT2D eigenvalue weighted by molar-refractivity contribution is 7.85. The fraction of sp³-hybridized carbons (Fsp3) is 0.462. The van der Waals surface area contributed by atoms with Crippen molar-refractivity contribution in [3.8, 4) is 0 Å². The third kappa shape index (κ3) is 5.32. The molecule has 0 aliphatic carbocycles. The average molecular weight is 308 g/mol. The molecule has 0 saturated heterocycles. The molecule has 0 saturated carbocycles. The van der Waals surface area contributed by atoms with E-state index in [2.05, 4.69) is 0 Å². The number of benzene rings is 1. The summed E-state index contributed by atoms with van der Waals surface area (Å²) in [6.45, 7) is 2.16. The van der Waals surface area contributed by atoms with Crippen molar-refractivity contribution in [3.63, 3.8) is 0 Å². The summed E-state index contributed by atoms with van der Waals surface area (Å²) < 4.78 is 54.2. The van der Waals surface area contributed by atoms with Crippen LogP contribution < -0.4 is 0 Å². The molecule has 0 amide bonds. The molecule has 20 heavy (non-hydrogen) atoms. The molecule has 1 aromatic carbocycles. The molecule has 0 spiro atoms. The van der Waals surface area contributed by atoms with Crippen LogP contribution in [-0.4, -0.2) is 22.5 Å². The van der Waals surface area contributed by atoms with Gasteiger partial charge in [-0.05, 0) is 24.6 Å². The molecule has 1 unspecified atom stereocenters. The first-order valence-corrected chi connectivity index (χ1v) is 7.37. The maximum absolute atomic E-state index is 12.5. The largest absolute Gasteiger partial charge is 0.465 e. The van der Waals surface area contributed by atoms with Crippen molar-refractivity contribution in [1.29, 1.82) is 0 Å². The molecule has 1 aromatic rings. The number of ether oxygens (including phenoxy) is 1. The Morgan fingerprint density at radius 3 is 2.65 bits per heavy atom. The molecule has 0 aliphatic heterocycles. The minimum Gasteiger partial charge on any atom is -0.465 e. The zero-order valence-corrected chi connectivity index (χ0v) is 11.7. The zero-order valence-electron chi connectivity index (χ0n) is 10.9. The van der Waals surface area contributed by atoms with E-state index in [9.17, 15) is 22.2 Å². The fourth-order valence-corrected chi connectivity index (χ4v) is 2.33. The van der Waals surface area contributed by atoms with Crippen LogP contribution in [0.15, 0.2) is 29.2 Å². The maximum Gasteiger partial charge on any atom is 0.416 e. The van der Waals surface area contributed by atoms with E-state index >= 15 is 0 Å². The van der Waals surface area contributed by atoms with Gasteiger partial charge in [0.1, 0.15) is 5.75 Å². The van der Waals surface area contributed by atoms with Gasteiger partial charge in [0.05, 0.1) is 23.0 Å². The van der Waals surface area contributed by atoms with Crippen molar-refractivity contribution in [2.45, 2.75) is 30.8 Å². The lowest BCUT2D eigenvalue weighted by molar-refractivity contribution is -0.140. The summed E-state index contributed by atoms with van der Waals surface area (Å²) in [6.07, 6.45) is -2.95. The van der Waals surface area contributed by atoms with Crippen molar-refractivity contribution < 1.29 is 26.9 Å². The molecule has 3 nitrogen and oxygen atoms in total. The first kappa shape index (κ1) is 16.7. The molecule has 112 valence electrons. The van der Waals surface area contributed by atoms with Crippen LogP contribution in [0.1, 0.15) is 25.3 Å². The van der Waals surface area contributed by atoms with Gasteiger partial charge >= 0.3 is 12.1 Å². The molecule has 0 fully saturated rings. The summed E-state index contributed by atoms with van der Waals surface area (Å²) in [5, 5.41) is 0. The zero-order chi connectivity index (χ0) is 15.2. The lowest BCUT2D eigenvalue weighted by Crippen LogP contribution is -2.15. The molecule has 0 bridgehead atoms. The van der Waals surface area contributed by atoms with Crippen molar-refractivity contribution in [3.05, 3.63) is 29.8 Å². The van der Waals surface area contributed by atoms with Gasteiger partial charge < -0.3 is 4.74 Å². The second kappa shape index (κ2) is 7.42. The Morgan fingerprint density at radius 2 is 2.05 bits per heavy atom. The van der Waals surface area contributed by atoms with Crippen molar-refractivity contribution in [2.75, 3.05) is 12.4 Å². The molecule has 0 radical (unpaired) electrons. The van der Waals surface area contributed by atoms with Crippen LogP contribution in [0.25, 0.3) is 0 Å². The monoisotopic (exact) mass is 308 g/mol. The third-order valence-corrected chi connectivity index (χ3v) is 3.71. The summed E-state index contributed by atoms with van der Waals surface area (Å²) >= 11 is 0. The number of carbonyl (C=O) groups excluding carboxylic acids is 1. The number of esters is 1. The standard InChI is InChI=1S/C13H15F3O3S/c1-2-3-7-19-12(17)9-20(18)11-6-4-5-10(8-11)13(14,15)16/h4-6,8H,2-3,7,9H2,1H3. The van der Waals surface area contributed by atoms with E-state index in [1.54, 1.807) is 0 Å². The first-order valence-electron chi connectivity index (χ1n) is 6.06. The van der Waals surface area contributed by atoms with Gasteiger partial charge in [-0.1, -0.05) is 19.4 Å². The quantitative estimate of drug-likeness (QED) is 0.599. The predicted molar refractivity (Wildman–Crippen MR) is 68.6 cm³/mol. The number of carbonyl (C=O) groups is 1. The number of hydrogen-bond acceptors (Lipinski definition) is 3. The topological polar surface area (TPSA) is 43.4 Å². The van der Waals surface area contributed by atoms with Gasteiger partial charge in [0.25, 0.3) is 0 Å². The maximum atomic E-state index is 12.5. The lowest BCUT2D eigenvalue weighted by atomic mass is 10.2. The van der Waals surface area contributed by atoms with Crippen LogP contribution in [0, 0.1) is 0 Å². The first-order chi connectivity index (χ1) is 9.34. The Morgan fingerprint density at radius 1 is 1.35 bits per heavy atom. The second-order valence-corrected chi connectivity index (χ2v) is 5.54. The third-order valence-electron chi connectivity index (χ3n) is 2.43. The van der Waals surface area contributed by atoms with Crippen molar-refractivity contribution in [1.82, 2.24) is 0 Å². The molecule has 0 aromatic heterocycles. The molecule has 0 heterocycles. The second-order valence-electron chi connectivity index (χ2n) is 4.09. The highest BCUT2D eigenvalue weighted by Gasteiger charge is 2.30. The van der Waals surface area contributed by atoms with Gasteiger partial charge in [-0.2, -0.15) is 13.2 Å². The SMILES string of the molecule is CCCCOC(=O)CS(=O)c1cccc(C(F)(F)F)c1. The van der Waals surface area contributed by atoms with Crippen LogP contribution in [0.4, 0.5) is 13.2 Å². The summed E-state index contributed by atoms with van der Waals surface area (Å²) in [5.74, 6) is -1.11. The molecule has 7 heteroatoms. The Hall–Kier alpha value is -1.37. The van der Waals surface area contributed by atoms with Gasteiger partial charge in [-0.3, -0.25) is 9.00 Å². The van der Waals surface area contributed by atoms with E-state index in [1.165, 1.54) is 12.1 Å². The smallest absolute Gasteiger partial charge is 0.416 e. The number of halogens is 3. The van der Waals surface area contributed by atoms with Crippen LogP contribution in [0.5, 0.6) is 0 Å². The molecule has 1 rings (SSSR count). The van der Waals surface area contributed by atoms with Gasteiger partial charge in [0.15, 0.2) is 0 Å². The predicted octanol–water partition coefficient (Wildman–Crippen LogP) is 3.16. The summed E-state index contributed by atoms with van der Waals surface area (Å²) in [7, 11) is -1.84. The number of unbranched alkanes of at least 4 members (excludes halogenated alkanes) is 1. The minimum absolute atomic E-state index is 0.0349. The Labute approximate surface area is 117 Å². The van der Waals surface area contributed by atoms with Crippen molar-refractivity contribution in [2.24, 2.45) is 0 Å². The Balaban J connectivity index is 2.66. The van der Waals surface area contributed by atoms with Gasteiger partial charge in [0.2, 0.25) is 0 Å². The Kier molecular flexibility index (Phi) is 6.19. The minimum atomic E-state index is -4.50. The van der Waals surface area contributed by atoms with Gasteiger partial charge in [-0.25, -0.2) is 0 Å². The van der Waals surface area contributed by atoms with Crippen LogP contribution in [-0.2, 0) is 26.5 Å². The van der Waals surface area contributed by atoms with Gasteiger partial charge in [0, 0.05) is 4.90 Å². The van der Waals surface area contributed by atoms with E-state index in [0.717, 1.165) is 18.6 Å². The average Bonchev–Trinajstić information content (AvgIpc) is 2.38. The summed E-state index contributed by atoms with van der Waals surface area (Å²) in [4.78, 5) is 11.3. The fourth-order valence-electron chi connectivity index (χ4n) is 1.38. The highest BCUT2D eigenvalue weighted by Crippen LogP contribution is 2.30. The normalized spacial score (nSPS) is 13.0. The van der Waals surface area contributed by atoms with E-state index in [4.69, 9.17) is 4.74 Å². The molecule has 1 atom stereocenters. The molecule has 0 aliphatic rings. The van der Waals surface area contributed by atoms with Crippen LogP contribution in [0.3, 0.4) is 0 Å². The van der Waals surface area contributed by atoms with Crippen LogP contribution >= 0.6 is 0 Å².